The van der Waals surface area contributed by atoms with Gasteiger partial charge in [0.1, 0.15) is 6.04 Å². The molecular weight excluding hydrogens is 640 g/mol. The van der Waals surface area contributed by atoms with Crippen molar-refractivity contribution in [3.63, 3.8) is 0 Å². The molecule has 1 unspecified atom stereocenters. The Morgan fingerprint density at radius 1 is 0.620 bits per heavy atom. The lowest BCUT2D eigenvalue weighted by Gasteiger charge is -2.29. The van der Waals surface area contributed by atoms with Crippen LogP contribution in [0.3, 0.4) is 0 Å². The van der Waals surface area contributed by atoms with Gasteiger partial charge < -0.3 is 15.3 Å². The van der Waals surface area contributed by atoms with Gasteiger partial charge in [-0.1, -0.05) is 151 Å². The molecule has 0 saturated heterocycles. The minimum atomic E-state index is -1.15. The molecule has 0 spiro atoms. The highest BCUT2D eigenvalue weighted by Crippen LogP contribution is 2.31. The van der Waals surface area contributed by atoms with Crippen LogP contribution in [0, 0.1) is 0 Å². The predicted molar refractivity (Wildman–Crippen MR) is 204 cm³/mol. The second-order valence-electron chi connectivity index (χ2n) is 12.4. The molecule has 2 N–H and O–H groups in total. The van der Waals surface area contributed by atoms with Crippen molar-refractivity contribution in [2.24, 2.45) is 0 Å². The molecule has 7 rings (SSSR count). The molecule has 7 aromatic rings. The first kappa shape index (κ1) is 32.6. The van der Waals surface area contributed by atoms with Crippen LogP contribution in [-0.4, -0.2) is 23.0 Å². The number of fused-ring (bicyclic) bond motifs is 2. The molecular formula is C44H35ClN2O3. The van der Waals surface area contributed by atoms with Crippen molar-refractivity contribution in [2.75, 3.05) is 4.90 Å². The Balaban J connectivity index is 1.22. The molecule has 5 nitrogen and oxygen atoms in total. The third-order valence-electron chi connectivity index (χ3n) is 9.13. The first-order chi connectivity index (χ1) is 24.4. The van der Waals surface area contributed by atoms with E-state index in [0.29, 0.717) is 29.4 Å². The Bertz CT molecular complexity index is 2210. The number of nitrogens with zero attached hydrogens (tertiary/aromatic N) is 1. The van der Waals surface area contributed by atoms with Crippen LogP contribution >= 0.6 is 11.6 Å². The summed E-state index contributed by atoms with van der Waals surface area (Å²) in [5.74, 6) is -1.62. The van der Waals surface area contributed by atoms with Crippen LogP contribution in [0.5, 0.6) is 0 Å². The summed E-state index contributed by atoms with van der Waals surface area (Å²) in [5, 5.41) is 17.9. The fourth-order valence-corrected chi connectivity index (χ4v) is 6.77. The highest BCUT2D eigenvalue weighted by molar-refractivity contribution is 6.31. The number of rotatable bonds is 11. The zero-order valence-electron chi connectivity index (χ0n) is 27.3. The van der Waals surface area contributed by atoms with Gasteiger partial charge in [0.15, 0.2) is 0 Å². The van der Waals surface area contributed by atoms with Crippen molar-refractivity contribution >= 4 is 50.7 Å². The Morgan fingerprint density at radius 2 is 1.16 bits per heavy atom. The smallest absolute Gasteiger partial charge is 0.326 e. The summed E-state index contributed by atoms with van der Waals surface area (Å²) in [7, 11) is 0. The maximum absolute atomic E-state index is 14.1. The van der Waals surface area contributed by atoms with Crippen molar-refractivity contribution in [3.8, 4) is 11.1 Å². The van der Waals surface area contributed by atoms with Gasteiger partial charge in [0, 0.05) is 24.5 Å². The third kappa shape index (κ3) is 7.24. The summed E-state index contributed by atoms with van der Waals surface area (Å²) in [4.78, 5) is 28.8. The van der Waals surface area contributed by atoms with E-state index in [2.05, 4.69) is 58.7 Å². The molecule has 0 fully saturated rings. The standard InChI is InChI=1S/C44H35ClN2O3/c45-37-24-25-42(40(27-37)43(48)46-41(44(49)50)26-30-20-22-32(23-21-30)31-10-2-1-3-11-31)47(28-35-16-8-14-33-12-4-6-18-38(33)35)29-36-17-9-15-34-13-5-7-19-39(34)36/h1-25,27,41H,26,28-29H2,(H,46,48)(H,49,50). The fraction of sp³-hybridized carbons (Fsp3) is 0.0909. The van der Waals surface area contributed by atoms with E-state index in [1.807, 2.05) is 97.1 Å². The lowest BCUT2D eigenvalue weighted by atomic mass is 10.00. The molecule has 246 valence electrons. The zero-order chi connectivity index (χ0) is 34.5. The summed E-state index contributed by atoms with van der Waals surface area (Å²) in [5.41, 5.74) is 6.09. The number of anilines is 1. The van der Waals surface area contributed by atoms with E-state index in [1.165, 1.54) is 0 Å². The van der Waals surface area contributed by atoms with E-state index in [-0.39, 0.29) is 6.42 Å². The third-order valence-corrected chi connectivity index (χ3v) is 9.37. The molecule has 50 heavy (non-hydrogen) atoms. The molecule has 0 aliphatic heterocycles. The summed E-state index contributed by atoms with van der Waals surface area (Å²) in [6, 6.07) is 50.9. The Labute approximate surface area is 296 Å². The van der Waals surface area contributed by atoms with Crippen LogP contribution < -0.4 is 10.2 Å². The monoisotopic (exact) mass is 674 g/mol. The number of carbonyl (C=O) groups excluding carboxylic acids is 1. The van der Waals surface area contributed by atoms with Crippen molar-refractivity contribution in [1.29, 1.82) is 0 Å². The molecule has 0 aliphatic rings. The number of carboxylic acids is 1. The van der Waals surface area contributed by atoms with Gasteiger partial charge in [-0.3, -0.25) is 4.79 Å². The van der Waals surface area contributed by atoms with E-state index in [9.17, 15) is 14.7 Å². The minimum absolute atomic E-state index is 0.127. The van der Waals surface area contributed by atoms with E-state index < -0.39 is 17.9 Å². The maximum Gasteiger partial charge on any atom is 0.326 e. The molecule has 7 aromatic carbocycles. The Hall–Kier alpha value is -5.91. The minimum Gasteiger partial charge on any atom is -0.480 e. The summed E-state index contributed by atoms with van der Waals surface area (Å²) in [6.07, 6.45) is 0.127. The average molecular weight is 675 g/mol. The van der Waals surface area contributed by atoms with Crippen LogP contribution in [0.15, 0.2) is 158 Å². The van der Waals surface area contributed by atoms with Gasteiger partial charge in [0.25, 0.3) is 5.91 Å². The van der Waals surface area contributed by atoms with Crippen LogP contribution in [0.25, 0.3) is 32.7 Å². The summed E-state index contributed by atoms with van der Waals surface area (Å²) >= 11 is 6.52. The van der Waals surface area contributed by atoms with Crippen molar-refractivity contribution in [3.05, 3.63) is 185 Å². The molecule has 0 radical (unpaired) electrons. The topological polar surface area (TPSA) is 69.6 Å². The van der Waals surface area contributed by atoms with E-state index in [0.717, 1.165) is 49.4 Å². The van der Waals surface area contributed by atoms with Crippen LogP contribution in [0.2, 0.25) is 5.02 Å². The lowest BCUT2D eigenvalue weighted by molar-refractivity contribution is -0.139. The molecule has 6 heteroatoms. The van der Waals surface area contributed by atoms with E-state index in [4.69, 9.17) is 11.6 Å². The fourth-order valence-electron chi connectivity index (χ4n) is 6.60. The van der Waals surface area contributed by atoms with Crippen molar-refractivity contribution in [2.45, 2.75) is 25.6 Å². The number of carboxylic acid groups (broad SMARTS) is 1. The molecule has 0 bridgehead atoms. The molecule has 0 heterocycles. The molecule has 0 aromatic heterocycles. The highest BCUT2D eigenvalue weighted by atomic mass is 35.5. The highest BCUT2D eigenvalue weighted by Gasteiger charge is 2.25. The number of nitrogens with one attached hydrogen (secondary N) is 1. The molecule has 0 aliphatic carbocycles. The Kier molecular flexibility index (Phi) is 9.59. The van der Waals surface area contributed by atoms with Gasteiger partial charge in [-0.2, -0.15) is 0 Å². The van der Waals surface area contributed by atoms with Gasteiger partial charge in [0.2, 0.25) is 0 Å². The van der Waals surface area contributed by atoms with Crippen LogP contribution in [0.4, 0.5) is 5.69 Å². The summed E-state index contributed by atoms with van der Waals surface area (Å²) in [6.45, 7) is 1.01. The second kappa shape index (κ2) is 14.7. The number of aliphatic carboxylic acids is 1. The average Bonchev–Trinajstić information content (AvgIpc) is 3.15. The van der Waals surface area contributed by atoms with Crippen molar-refractivity contribution < 1.29 is 14.7 Å². The van der Waals surface area contributed by atoms with Gasteiger partial charge in [0.05, 0.1) is 11.3 Å². The van der Waals surface area contributed by atoms with E-state index in [1.54, 1.807) is 12.1 Å². The molecule has 0 saturated carbocycles. The quantitative estimate of drug-likeness (QED) is 0.143. The molecule has 1 atom stereocenters. The SMILES string of the molecule is O=C(NC(Cc1ccc(-c2ccccc2)cc1)C(=O)O)c1cc(Cl)ccc1N(Cc1cccc2ccccc12)Cc1cccc2ccccc12. The summed E-state index contributed by atoms with van der Waals surface area (Å²) < 4.78 is 0. The van der Waals surface area contributed by atoms with Gasteiger partial charge >= 0.3 is 5.97 Å². The van der Waals surface area contributed by atoms with Gasteiger partial charge in [-0.15, -0.1) is 0 Å². The number of hydrogen-bond acceptors (Lipinski definition) is 3. The zero-order valence-corrected chi connectivity index (χ0v) is 28.1. The van der Waals surface area contributed by atoms with Crippen LogP contribution in [-0.2, 0) is 24.3 Å². The number of halogens is 1. The first-order valence-electron chi connectivity index (χ1n) is 16.6. The first-order valence-corrected chi connectivity index (χ1v) is 17.0. The number of hydrogen-bond donors (Lipinski definition) is 2. The molecule has 1 amide bonds. The van der Waals surface area contributed by atoms with Gasteiger partial charge in [-0.25, -0.2) is 4.79 Å². The largest absolute Gasteiger partial charge is 0.480 e. The maximum atomic E-state index is 14.1. The van der Waals surface area contributed by atoms with Gasteiger partial charge in [-0.05, 0) is 67.6 Å². The number of amides is 1. The number of benzene rings is 7. The van der Waals surface area contributed by atoms with E-state index >= 15 is 0 Å². The normalized spacial score (nSPS) is 11.7. The number of carbonyl (C=O) groups is 2. The Morgan fingerprint density at radius 3 is 1.76 bits per heavy atom. The van der Waals surface area contributed by atoms with Crippen LogP contribution in [0.1, 0.15) is 27.0 Å². The lowest BCUT2D eigenvalue weighted by Crippen LogP contribution is -2.42. The predicted octanol–water partition coefficient (Wildman–Crippen LogP) is 9.95. The van der Waals surface area contributed by atoms with Crippen molar-refractivity contribution in [1.82, 2.24) is 5.32 Å². The second-order valence-corrected chi connectivity index (χ2v) is 12.9.